The summed E-state index contributed by atoms with van der Waals surface area (Å²) in [6.45, 7) is 0.747. The second-order valence-electron chi connectivity index (χ2n) is 3.31. The molecule has 1 N–H and O–H groups in total. The van der Waals surface area contributed by atoms with Crippen LogP contribution in [0.1, 0.15) is 16.7 Å². The maximum Gasteiger partial charge on any atom is 0.0577 e. The highest BCUT2D eigenvalue weighted by molar-refractivity contribution is 5.64. The van der Waals surface area contributed by atoms with Crippen LogP contribution in [0.25, 0.3) is 6.08 Å². The third-order valence-electron chi connectivity index (χ3n) is 2.32. The van der Waals surface area contributed by atoms with Gasteiger partial charge in [-0.1, -0.05) is 36.1 Å². The van der Waals surface area contributed by atoms with Crippen LogP contribution < -0.4 is 5.32 Å². The van der Waals surface area contributed by atoms with E-state index in [0.29, 0.717) is 0 Å². The van der Waals surface area contributed by atoms with Crippen molar-refractivity contribution in [2.45, 2.75) is 6.42 Å². The summed E-state index contributed by atoms with van der Waals surface area (Å²) in [6, 6.07) is 6.30. The Morgan fingerprint density at radius 2 is 2.36 bits per heavy atom. The van der Waals surface area contributed by atoms with Crippen molar-refractivity contribution in [2.24, 2.45) is 0 Å². The Kier molecular flexibility index (Phi) is 2.67. The predicted molar refractivity (Wildman–Crippen MR) is 60.0 cm³/mol. The summed E-state index contributed by atoms with van der Waals surface area (Å²) in [5, 5.41) is 3.02. The Labute approximate surface area is 84.8 Å². The van der Waals surface area contributed by atoms with Gasteiger partial charge in [-0.15, -0.1) is 0 Å². The molecule has 0 heterocycles. The third kappa shape index (κ3) is 1.71. The minimum absolute atomic E-state index is 0.747. The van der Waals surface area contributed by atoms with Gasteiger partial charge >= 0.3 is 0 Å². The summed E-state index contributed by atoms with van der Waals surface area (Å²) in [5.41, 5.74) is 3.86. The van der Waals surface area contributed by atoms with Crippen molar-refractivity contribution >= 4 is 6.08 Å². The molecule has 0 atom stereocenters. The number of nitrogens with one attached hydrogen (secondary N) is 1. The fraction of sp³-hybridized carbons (Fsp3) is 0.231. The normalized spacial score (nSPS) is 12.1. The van der Waals surface area contributed by atoms with Gasteiger partial charge in [0.25, 0.3) is 0 Å². The lowest BCUT2D eigenvalue weighted by Gasteiger charge is -2.00. The molecule has 0 aliphatic heterocycles. The van der Waals surface area contributed by atoms with Gasteiger partial charge in [-0.25, -0.2) is 0 Å². The van der Waals surface area contributed by atoms with Gasteiger partial charge in [0.2, 0.25) is 0 Å². The average molecular weight is 183 g/mol. The average Bonchev–Trinajstić information content (AvgIpc) is 2.67. The summed E-state index contributed by atoms with van der Waals surface area (Å²) < 4.78 is 0. The molecule has 0 spiro atoms. The zero-order valence-electron chi connectivity index (χ0n) is 8.30. The number of benzene rings is 1. The molecule has 14 heavy (non-hydrogen) atoms. The fourth-order valence-corrected chi connectivity index (χ4v) is 1.64. The van der Waals surface area contributed by atoms with Gasteiger partial charge in [-0.2, -0.15) is 0 Å². The van der Waals surface area contributed by atoms with Crippen LogP contribution in [0.4, 0.5) is 0 Å². The number of hydrogen-bond acceptors (Lipinski definition) is 1. The van der Waals surface area contributed by atoms with E-state index in [1.165, 1.54) is 16.7 Å². The summed E-state index contributed by atoms with van der Waals surface area (Å²) in [5.74, 6) is 6.29. The van der Waals surface area contributed by atoms with Gasteiger partial charge < -0.3 is 5.32 Å². The lowest BCUT2D eigenvalue weighted by atomic mass is 10.0. The predicted octanol–water partition coefficient (Wildman–Crippen LogP) is 1.83. The van der Waals surface area contributed by atoms with Crippen LogP contribution in [0.2, 0.25) is 0 Å². The van der Waals surface area contributed by atoms with Crippen molar-refractivity contribution in [2.75, 3.05) is 13.6 Å². The highest BCUT2D eigenvalue weighted by atomic mass is 14.8. The quantitative estimate of drug-likeness (QED) is 0.655. The maximum atomic E-state index is 3.19. The molecule has 0 saturated heterocycles. The molecule has 1 nitrogen and oxygen atoms in total. The van der Waals surface area contributed by atoms with Crippen molar-refractivity contribution in [3.63, 3.8) is 0 Å². The van der Waals surface area contributed by atoms with E-state index in [2.05, 4.69) is 47.5 Å². The van der Waals surface area contributed by atoms with E-state index in [1.807, 2.05) is 7.05 Å². The SMILES string of the molecule is CNCC#Cc1cccc2c1CC=C2. The van der Waals surface area contributed by atoms with E-state index in [9.17, 15) is 0 Å². The van der Waals surface area contributed by atoms with Gasteiger partial charge in [0.15, 0.2) is 0 Å². The molecule has 1 heteroatoms. The summed E-state index contributed by atoms with van der Waals surface area (Å²) in [7, 11) is 1.91. The van der Waals surface area contributed by atoms with E-state index >= 15 is 0 Å². The smallest absolute Gasteiger partial charge is 0.0577 e. The Bertz CT molecular complexity index is 419. The van der Waals surface area contributed by atoms with Crippen LogP contribution in [-0.2, 0) is 6.42 Å². The second-order valence-corrected chi connectivity index (χ2v) is 3.31. The number of fused-ring (bicyclic) bond motifs is 1. The van der Waals surface area contributed by atoms with E-state index < -0.39 is 0 Å². The molecule has 70 valence electrons. The summed E-state index contributed by atoms with van der Waals surface area (Å²) >= 11 is 0. The first-order chi connectivity index (χ1) is 6.92. The first kappa shape index (κ1) is 9.05. The van der Waals surface area contributed by atoms with Gasteiger partial charge in [0.1, 0.15) is 0 Å². The van der Waals surface area contributed by atoms with Crippen LogP contribution in [0.15, 0.2) is 24.3 Å². The van der Waals surface area contributed by atoms with E-state index in [0.717, 1.165) is 13.0 Å². The Hall–Kier alpha value is -1.52. The van der Waals surface area contributed by atoms with Crippen molar-refractivity contribution in [3.8, 4) is 11.8 Å². The number of rotatable bonds is 1. The van der Waals surface area contributed by atoms with Crippen LogP contribution in [0.3, 0.4) is 0 Å². The first-order valence-electron chi connectivity index (χ1n) is 4.83. The molecule has 0 amide bonds. The molecule has 1 aliphatic rings. The third-order valence-corrected chi connectivity index (χ3v) is 2.32. The molecule has 1 aromatic carbocycles. The molecular formula is C13H13N. The van der Waals surface area contributed by atoms with E-state index in [-0.39, 0.29) is 0 Å². The van der Waals surface area contributed by atoms with Crippen LogP contribution >= 0.6 is 0 Å². The summed E-state index contributed by atoms with van der Waals surface area (Å²) in [6.07, 6.45) is 5.38. The van der Waals surface area contributed by atoms with Crippen molar-refractivity contribution < 1.29 is 0 Å². The monoisotopic (exact) mass is 183 g/mol. The van der Waals surface area contributed by atoms with Crippen molar-refractivity contribution in [1.82, 2.24) is 5.32 Å². The Balaban J connectivity index is 2.29. The molecular weight excluding hydrogens is 170 g/mol. The summed E-state index contributed by atoms with van der Waals surface area (Å²) in [4.78, 5) is 0. The number of hydrogen-bond donors (Lipinski definition) is 1. The second kappa shape index (κ2) is 4.13. The van der Waals surface area contributed by atoms with Crippen LogP contribution in [0, 0.1) is 11.8 Å². The minimum Gasteiger partial charge on any atom is -0.309 e. The van der Waals surface area contributed by atoms with Crippen LogP contribution in [-0.4, -0.2) is 13.6 Å². The fourth-order valence-electron chi connectivity index (χ4n) is 1.64. The first-order valence-corrected chi connectivity index (χ1v) is 4.83. The molecule has 0 saturated carbocycles. The Morgan fingerprint density at radius 3 is 3.21 bits per heavy atom. The number of allylic oxidation sites excluding steroid dienone is 1. The molecule has 0 fully saturated rings. The molecule has 0 unspecified atom stereocenters. The van der Waals surface area contributed by atoms with Crippen molar-refractivity contribution in [3.05, 3.63) is 41.0 Å². The van der Waals surface area contributed by atoms with Gasteiger partial charge in [-0.3, -0.25) is 0 Å². The maximum absolute atomic E-state index is 3.19. The standard InChI is InChI=1S/C13H13N/c1-14-10-4-8-12-6-2-5-11-7-3-9-13(11)12/h2-3,5-7,14H,9-10H2,1H3. The lowest BCUT2D eigenvalue weighted by molar-refractivity contribution is 0.938. The zero-order chi connectivity index (χ0) is 9.80. The van der Waals surface area contributed by atoms with Gasteiger partial charge in [-0.05, 0) is 30.7 Å². The minimum atomic E-state index is 0.747. The molecule has 0 radical (unpaired) electrons. The largest absolute Gasteiger partial charge is 0.309 e. The van der Waals surface area contributed by atoms with Crippen molar-refractivity contribution in [1.29, 1.82) is 0 Å². The molecule has 0 aromatic heterocycles. The van der Waals surface area contributed by atoms with Gasteiger partial charge in [0, 0.05) is 5.56 Å². The molecule has 2 rings (SSSR count). The van der Waals surface area contributed by atoms with Gasteiger partial charge in [0.05, 0.1) is 6.54 Å². The molecule has 1 aromatic rings. The highest BCUT2D eigenvalue weighted by Gasteiger charge is 2.07. The zero-order valence-corrected chi connectivity index (χ0v) is 8.30. The van der Waals surface area contributed by atoms with Crippen LogP contribution in [0.5, 0.6) is 0 Å². The topological polar surface area (TPSA) is 12.0 Å². The Morgan fingerprint density at radius 1 is 1.43 bits per heavy atom. The van der Waals surface area contributed by atoms with E-state index in [1.54, 1.807) is 0 Å². The highest BCUT2D eigenvalue weighted by Crippen LogP contribution is 2.22. The molecule has 1 aliphatic carbocycles. The van der Waals surface area contributed by atoms with E-state index in [4.69, 9.17) is 0 Å². The molecule has 0 bridgehead atoms. The lowest BCUT2D eigenvalue weighted by Crippen LogP contribution is -2.04.